The van der Waals surface area contributed by atoms with Gasteiger partial charge in [0, 0.05) is 29.8 Å². The van der Waals surface area contributed by atoms with E-state index in [1.54, 1.807) is 12.4 Å². The average molecular weight is 209 g/mol. The van der Waals surface area contributed by atoms with E-state index < -0.39 is 0 Å². The number of nitrogens with zero attached hydrogens (tertiary/aromatic N) is 3. The molecule has 3 rings (SSSR count). The lowest BCUT2D eigenvalue weighted by molar-refractivity contribution is 1.11. The highest BCUT2D eigenvalue weighted by molar-refractivity contribution is 5.65. The summed E-state index contributed by atoms with van der Waals surface area (Å²) < 4.78 is 2.09. The molecule has 0 aliphatic rings. The molecule has 0 aliphatic carbocycles. The molecule has 0 N–H and O–H groups in total. The third-order valence-corrected chi connectivity index (χ3v) is 2.72. The molecule has 0 aliphatic heterocycles. The van der Waals surface area contributed by atoms with Gasteiger partial charge in [-0.1, -0.05) is 6.07 Å². The maximum absolute atomic E-state index is 4.62. The third-order valence-electron chi connectivity index (χ3n) is 2.72. The molecule has 3 heteroatoms. The van der Waals surface area contributed by atoms with Gasteiger partial charge in [-0.15, -0.1) is 0 Å². The van der Waals surface area contributed by atoms with Crippen LogP contribution in [-0.2, 0) is 0 Å². The van der Waals surface area contributed by atoms with E-state index in [1.165, 1.54) is 0 Å². The van der Waals surface area contributed by atoms with Crippen LogP contribution in [-0.4, -0.2) is 14.4 Å². The van der Waals surface area contributed by atoms with Gasteiger partial charge in [0.1, 0.15) is 5.65 Å². The Hall–Kier alpha value is -2.16. The van der Waals surface area contributed by atoms with Crippen molar-refractivity contribution in [3.63, 3.8) is 0 Å². The number of rotatable bonds is 1. The Bertz CT molecular complexity index is 626. The molecular weight excluding hydrogens is 198 g/mol. The number of imidazole rings is 1. The van der Waals surface area contributed by atoms with Crippen LogP contribution < -0.4 is 0 Å². The molecule has 0 amide bonds. The fraction of sp³-hybridized carbons (Fsp3) is 0.0769. The van der Waals surface area contributed by atoms with E-state index in [-0.39, 0.29) is 0 Å². The van der Waals surface area contributed by atoms with Crippen molar-refractivity contribution < 1.29 is 0 Å². The van der Waals surface area contributed by atoms with Gasteiger partial charge < -0.3 is 4.40 Å². The molecule has 3 aromatic heterocycles. The Kier molecular flexibility index (Phi) is 1.96. The van der Waals surface area contributed by atoms with Crippen LogP contribution in [0.2, 0.25) is 0 Å². The summed E-state index contributed by atoms with van der Waals surface area (Å²) in [6, 6.07) is 9.98. The maximum atomic E-state index is 4.62. The van der Waals surface area contributed by atoms with Crippen LogP contribution in [0.3, 0.4) is 0 Å². The second kappa shape index (κ2) is 3.45. The first-order valence-electron chi connectivity index (χ1n) is 5.20. The lowest BCUT2D eigenvalue weighted by Crippen LogP contribution is -1.86. The van der Waals surface area contributed by atoms with E-state index in [4.69, 9.17) is 0 Å². The van der Waals surface area contributed by atoms with Crippen LogP contribution in [0, 0.1) is 6.92 Å². The highest BCUT2D eigenvalue weighted by atomic mass is 15.0. The highest BCUT2D eigenvalue weighted by Gasteiger charge is 2.08. The van der Waals surface area contributed by atoms with E-state index in [9.17, 15) is 0 Å². The molecule has 0 aromatic carbocycles. The van der Waals surface area contributed by atoms with Crippen molar-refractivity contribution in [2.75, 3.05) is 0 Å². The molecule has 0 radical (unpaired) electrons. The molecular formula is C13H11N3. The third kappa shape index (κ3) is 1.29. The Morgan fingerprint density at radius 3 is 2.62 bits per heavy atom. The molecule has 0 fully saturated rings. The first-order valence-corrected chi connectivity index (χ1v) is 5.20. The average Bonchev–Trinajstić information content (AvgIpc) is 2.69. The predicted octanol–water partition coefficient (Wildman–Crippen LogP) is 2.70. The second-order valence-corrected chi connectivity index (χ2v) is 3.71. The van der Waals surface area contributed by atoms with Gasteiger partial charge in [-0.05, 0) is 31.2 Å². The highest BCUT2D eigenvalue weighted by Crippen LogP contribution is 2.22. The van der Waals surface area contributed by atoms with Crippen molar-refractivity contribution in [2.24, 2.45) is 0 Å². The Morgan fingerprint density at radius 1 is 1.06 bits per heavy atom. The summed E-state index contributed by atoms with van der Waals surface area (Å²) in [6.07, 6.45) is 5.61. The molecule has 0 atom stereocenters. The molecule has 3 aromatic rings. The smallest absolute Gasteiger partial charge is 0.137 e. The number of fused-ring (bicyclic) bond motifs is 1. The van der Waals surface area contributed by atoms with Crippen molar-refractivity contribution in [1.82, 2.24) is 14.4 Å². The standard InChI is InChI=1S/C13H11N3/c1-10-13(11-5-7-14-8-6-11)15-12-4-2-3-9-16(10)12/h2-9H,1H3. The summed E-state index contributed by atoms with van der Waals surface area (Å²) in [7, 11) is 0. The fourth-order valence-electron chi connectivity index (χ4n) is 1.90. The Balaban J connectivity index is 2.29. The van der Waals surface area contributed by atoms with Crippen LogP contribution >= 0.6 is 0 Å². The van der Waals surface area contributed by atoms with E-state index in [0.717, 1.165) is 22.6 Å². The number of aryl methyl sites for hydroxylation is 1. The minimum Gasteiger partial charge on any atom is -0.304 e. The van der Waals surface area contributed by atoms with Gasteiger partial charge in [0.2, 0.25) is 0 Å². The topological polar surface area (TPSA) is 30.2 Å². The van der Waals surface area contributed by atoms with Crippen molar-refractivity contribution in [3.8, 4) is 11.3 Å². The molecule has 0 unspecified atom stereocenters. The molecule has 0 spiro atoms. The van der Waals surface area contributed by atoms with Crippen molar-refractivity contribution in [3.05, 3.63) is 54.6 Å². The SMILES string of the molecule is Cc1c(-c2ccncc2)nc2ccccn12. The van der Waals surface area contributed by atoms with E-state index in [1.807, 2.05) is 36.5 Å². The minimum absolute atomic E-state index is 0.979. The molecule has 78 valence electrons. The summed E-state index contributed by atoms with van der Waals surface area (Å²) >= 11 is 0. The zero-order chi connectivity index (χ0) is 11.0. The number of hydrogen-bond acceptors (Lipinski definition) is 2. The van der Waals surface area contributed by atoms with Crippen LogP contribution in [0.15, 0.2) is 48.9 Å². The van der Waals surface area contributed by atoms with Crippen LogP contribution in [0.4, 0.5) is 0 Å². The Morgan fingerprint density at radius 2 is 1.88 bits per heavy atom. The van der Waals surface area contributed by atoms with E-state index in [2.05, 4.69) is 21.3 Å². The molecule has 0 saturated carbocycles. The molecule has 0 saturated heterocycles. The monoisotopic (exact) mass is 209 g/mol. The van der Waals surface area contributed by atoms with Crippen LogP contribution in [0.25, 0.3) is 16.9 Å². The van der Waals surface area contributed by atoms with Gasteiger partial charge in [-0.2, -0.15) is 0 Å². The summed E-state index contributed by atoms with van der Waals surface area (Å²) in [5.74, 6) is 0. The first-order chi connectivity index (χ1) is 7.86. The summed E-state index contributed by atoms with van der Waals surface area (Å²) in [5.41, 5.74) is 4.26. The summed E-state index contributed by atoms with van der Waals surface area (Å²) in [4.78, 5) is 8.64. The zero-order valence-electron chi connectivity index (χ0n) is 8.96. The van der Waals surface area contributed by atoms with Crippen molar-refractivity contribution >= 4 is 5.65 Å². The first kappa shape index (κ1) is 9.09. The maximum Gasteiger partial charge on any atom is 0.137 e. The lowest BCUT2D eigenvalue weighted by atomic mass is 10.2. The molecule has 3 nitrogen and oxygen atoms in total. The largest absolute Gasteiger partial charge is 0.304 e. The number of hydrogen-bond donors (Lipinski definition) is 0. The van der Waals surface area contributed by atoms with Gasteiger partial charge >= 0.3 is 0 Å². The molecule has 16 heavy (non-hydrogen) atoms. The quantitative estimate of drug-likeness (QED) is 0.616. The van der Waals surface area contributed by atoms with Gasteiger partial charge in [0.05, 0.1) is 5.69 Å². The van der Waals surface area contributed by atoms with E-state index in [0.29, 0.717) is 0 Å². The summed E-state index contributed by atoms with van der Waals surface area (Å²) in [5, 5.41) is 0. The van der Waals surface area contributed by atoms with Gasteiger partial charge in [0.15, 0.2) is 0 Å². The number of pyridine rings is 2. The van der Waals surface area contributed by atoms with Gasteiger partial charge in [-0.3, -0.25) is 4.98 Å². The van der Waals surface area contributed by atoms with Crippen molar-refractivity contribution in [1.29, 1.82) is 0 Å². The zero-order valence-corrected chi connectivity index (χ0v) is 8.96. The molecule has 3 heterocycles. The number of aromatic nitrogens is 3. The van der Waals surface area contributed by atoms with Gasteiger partial charge in [0.25, 0.3) is 0 Å². The molecule has 0 bridgehead atoms. The van der Waals surface area contributed by atoms with Crippen LogP contribution in [0.5, 0.6) is 0 Å². The normalized spacial score (nSPS) is 10.8. The van der Waals surface area contributed by atoms with Crippen LogP contribution in [0.1, 0.15) is 5.69 Å². The summed E-state index contributed by atoms with van der Waals surface area (Å²) in [6.45, 7) is 2.08. The Labute approximate surface area is 93.4 Å². The van der Waals surface area contributed by atoms with Crippen molar-refractivity contribution in [2.45, 2.75) is 6.92 Å². The fourth-order valence-corrected chi connectivity index (χ4v) is 1.90. The second-order valence-electron chi connectivity index (χ2n) is 3.71. The minimum atomic E-state index is 0.979. The lowest BCUT2D eigenvalue weighted by Gasteiger charge is -1.97. The van der Waals surface area contributed by atoms with Gasteiger partial charge in [-0.25, -0.2) is 4.98 Å². The predicted molar refractivity (Wildman–Crippen MR) is 63.2 cm³/mol. The van der Waals surface area contributed by atoms with E-state index >= 15 is 0 Å².